The van der Waals surface area contributed by atoms with Crippen LogP contribution in [0.2, 0.25) is 0 Å². The van der Waals surface area contributed by atoms with Crippen molar-refractivity contribution in [3.63, 3.8) is 0 Å². The van der Waals surface area contributed by atoms with E-state index in [9.17, 15) is 18.4 Å². The van der Waals surface area contributed by atoms with Crippen molar-refractivity contribution in [2.45, 2.75) is 33.9 Å². The number of aromatic nitrogens is 1. The molecule has 180 valence electrons. The number of ether oxygens (including phenoxy) is 2. The number of carbonyl (C=O) groups is 2. The van der Waals surface area contributed by atoms with Gasteiger partial charge in [-0.2, -0.15) is 0 Å². The lowest BCUT2D eigenvalue weighted by atomic mass is 10.1. The number of amides is 2. The van der Waals surface area contributed by atoms with Crippen LogP contribution >= 0.6 is 0 Å². The summed E-state index contributed by atoms with van der Waals surface area (Å²) in [4.78, 5) is 29.9. The lowest BCUT2D eigenvalue weighted by Crippen LogP contribution is -2.34. The second kappa shape index (κ2) is 10.8. The minimum absolute atomic E-state index is 0.113. The number of halogens is 2. The van der Waals surface area contributed by atoms with Gasteiger partial charge in [0.25, 0.3) is 0 Å². The van der Waals surface area contributed by atoms with Crippen LogP contribution in [0, 0.1) is 25.5 Å². The number of carbonyl (C=O) groups excluding carboxylic acids is 2. The first-order chi connectivity index (χ1) is 16.2. The number of urea groups is 1. The highest BCUT2D eigenvalue weighted by molar-refractivity contribution is 5.91. The molecule has 9 heteroatoms. The van der Waals surface area contributed by atoms with Gasteiger partial charge < -0.3 is 24.7 Å². The highest BCUT2D eigenvalue weighted by atomic mass is 19.1. The van der Waals surface area contributed by atoms with Gasteiger partial charge in [0, 0.05) is 24.8 Å². The number of esters is 1. The molecule has 0 atom stereocenters. The van der Waals surface area contributed by atoms with Gasteiger partial charge in [-0.3, -0.25) is 0 Å². The molecule has 0 aliphatic carbocycles. The van der Waals surface area contributed by atoms with E-state index >= 15 is 0 Å². The van der Waals surface area contributed by atoms with Crippen molar-refractivity contribution in [1.29, 1.82) is 0 Å². The Balaban J connectivity index is 1.92. The lowest BCUT2D eigenvalue weighted by molar-refractivity contribution is 0.0519. The van der Waals surface area contributed by atoms with E-state index < -0.39 is 23.6 Å². The van der Waals surface area contributed by atoms with Crippen molar-refractivity contribution < 1.29 is 27.8 Å². The maximum absolute atomic E-state index is 14.2. The summed E-state index contributed by atoms with van der Waals surface area (Å²) in [6.07, 6.45) is 0. The summed E-state index contributed by atoms with van der Waals surface area (Å²) in [5.74, 6) is -1.24. The van der Waals surface area contributed by atoms with Crippen LogP contribution in [0.15, 0.2) is 42.5 Å². The Morgan fingerprint density at radius 2 is 1.76 bits per heavy atom. The quantitative estimate of drug-likeness (QED) is 0.435. The molecule has 3 rings (SSSR count). The molecule has 0 saturated carbocycles. The summed E-state index contributed by atoms with van der Waals surface area (Å²) >= 11 is 0. The third-order valence-electron chi connectivity index (χ3n) is 5.41. The molecule has 1 heterocycles. The van der Waals surface area contributed by atoms with Crippen LogP contribution in [0.5, 0.6) is 5.75 Å². The van der Waals surface area contributed by atoms with Crippen molar-refractivity contribution in [2.75, 3.05) is 19.0 Å². The number of hydrogen-bond acceptors (Lipinski definition) is 4. The maximum atomic E-state index is 14.2. The smallest absolute Gasteiger partial charge is 0.355 e. The third kappa shape index (κ3) is 5.72. The number of anilines is 1. The number of hydrogen-bond donors (Lipinski definition) is 2. The Hall–Kier alpha value is -3.88. The molecule has 7 nitrogen and oxygen atoms in total. The van der Waals surface area contributed by atoms with Gasteiger partial charge in [0.1, 0.15) is 23.1 Å². The summed E-state index contributed by atoms with van der Waals surface area (Å²) < 4.78 is 38.1. The van der Waals surface area contributed by atoms with Crippen molar-refractivity contribution in [2.24, 2.45) is 0 Å². The van der Waals surface area contributed by atoms with Gasteiger partial charge in [0.2, 0.25) is 0 Å². The van der Waals surface area contributed by atoms with Gasteiger partial charge in [0.15, 0.2) is 0 Å². The molecule has 2 N–H and O–H groups in total. The second-order valence-electron chi connectivity index (χ2n) is 7.71. The zero-order valence-electron chi connectivity index (χ0n) is 19.5. The minimum Gasteiger partial charge on any atom is -0.497 e. The van der Waals surface area contributed by atoms with Crippen molar-refractivity contribution in [3.05, 3.63) is 82.2 Å². The first-order valence-electron chi connectivity index (χ1n) is 10.7. The highest BCUT2D eigenvalue weighted by Gasteiger charge is 2.23. The molecular weight excluding hydrogens is 444 g/mol. The van der Waals surface area contributed by atoms with Gasteiger partial charge in [-0.05, 0) is 61.7 Å². The van der Waals surface area contributed by atoms with E-state index in [0.29, 0.717) is 22.7 Å². The Labute approximate surface area is 196 Å². The molecule has 0 aliphatic heterocycles. The number of nitrogens with one attached hydrogen (secondary N) is 2. The third-order valence-corrected chi connectivity index (χ3v) is 5.41. The van der Waals surface area contributed by atoms with Crippen LogP contribution in [-0.2, 0) is 17.8 Å². The number of H-pyrrole nitrogens is 1. The molecular formula is C25H27F2N3O4. The number of rotatable bonds is 8. The maximum Gasteiger partial charge on any atom is 0.355 e. The van der Waals surface area contributed by atoms with Crippen LogP contribution in [0.1, 0.15) is 39.8 Å². The Kier molecular flexibility index (Phi) is 7.88. The van der Waals surface area contributed by atoms with Crippen molar-refractivity contribution in [3.8, 4) is 5.75 Å². The molecule has 0 saturated heterocycles. The van der Waals surface area contributed by atoms with Crippen LogP contribution in [0.4, 0.5) is 19.3 Å². The number of aryl methyl sites for hydroxylation is 1. The normalized spacial score (nSPS) is 10.6. The van der Waals surface area contributed by atoms with Crippen LogP contribution < -0.4 is 10.1 Å². The standard InChI is InChI=1S/C25H27F2N3O4/c1-5-34-24(31)23-15(2)20(16(3)28-23)14-30(13-17-6-9-19(33-4)10-7-17)25(32)29-22-12-18(26)8-11-21(22)27/h6-12,28H,5,13-14H2,1-4H3,(H,29,32). The van der Waals surface area contributed by atoms with Crippen LogP contribution in [0.3, 0.4) is 0 Å². The number of benzene rings is 2. The fourth-order valence-corrected chi connectivity index (χ4v) is 3.56. The molecule has 0 unspecified atom stereocenters. The summed E-state index contributed by atoms with van der Waals surface area (Å²) in [5, 5.41) is 2.45. The van der Waals surface area contributed by atoms with Crippen LogP contribution in [0.25, 0.3) is 0 Å². The average Bonchev–Trinajstić information content (AvgIpc) is 3.10. The molecule has 0 bridgehead atoms. The molecule has 34 heavy (non-hydrogen) atoms. The molecule has 0 radical (unpaired) electrons. The average molecular weight is 472 g/mol. The van der Waals surface area contributed by atoms with Gasteiger partial charge in [-0.15, -0.1) is 0 Å². The van der Waals surface area contributed by atoms with Crippen molar-refractivity contribution in [1.82, 2.24) is 9.88 Å². The summed E-state index contributed by atoms with van der Waals surface area (Å²) in [6, 6.07) is 9.37. The van der Waals surface area contributed by atoms with E-state index in [4.69, 9.17) is 9.47 Å². The topological polar surface area (TPSA) is 83.7 Å². The first-order valence-corrected chi connectivity index (χ1v) is 10.7. The second-order valence-corrected chi connectivity index (χ2v) is 7.71. The van der Waals surface area contributed by atoms with Gasteiger partial charge >= 0.3 is 12.0 Å². The molecule has 2 amide bonds. The van der Waals surface area contributed by atoms with Gasteiger partial charge in [-0.25, -0.2) is 18.4 Å². The monoisotopic (exact) mass is 471 g/mol. The molecule has 0 fully saturated rings. The number of methoxy groups -OCH3 is 1. The Morgan fingerprint density at radius 1 is 1.06 bits per heavy atom. The van der Waals surface area contributed by atoms with E-state index in [1.165, 1.54) is 4.90 Å². The molecule has 3 aromatic rings. The largest absolute Gasteiger partial charge is 0.497 e. The Bertz CT molecular complexity index is 1180. The SMILES string of the molecule is CCOC(=O)c1[nH]c(C)c(CN(Cc2ccc(OC)cc2)C(=O)Nc2cc(F)ccc2F)c1C. The number of nitrogens with zero attached hydrogens (tertiary/aromatic N) is 1. The van der Waals surface area contributed by atoms with E-state index in [0.717, 1.165) is 29.3 Å². The fraction of sp³-hybridized carbons (Fsp3) is 0.280. The van der Waals surface area contributed by atoms with E-state index in [2.05, 4.69) is 10.3 Å². The van der Waals surface area contributed by atoms with Crippen molar-refractivity contribution >= 4 is 17.7 Å². The minimum atomic E-state index is -0.752. The first kappa shape index (κ1) is 24.8. The zero-order chi connectivity index (χ0) is 24.8. The molecule has 2 aromatic carbocycles. The van der Waals surface area contributed by atoms with E-state index in [1.807, 2.05) is 12.1 Å². The van der Waals surface area contributed by atoms with Crippen LogP contribution in [-0.4, -0.2) is 35.6 Å². The summed E-state index contributed by atoms with van der Waals surface area (Å²) in [7, 11) is 1.56. The molecule has 1 aromatic heterocycles. The number of aromatic amines is 1. The summed E-state index contributed by atoms with van der Waals surface area (Å²) in [6.45, 7) is 5.79. The van der Waals surface area contributed by atoms with E-state index in [1.54, 1.807) is 40.0 Å². The zero-order valence-corrected chi connectivity index (χ0v) is 19.5. The summed E-state index contributed by atoms with van der Waals surface area (Å²) in [5.41, 5.74) is 2.93. The fourth-order valence-electron chi connectivity index (χ4n) is 3.56. The van der Waals surface area contributed by atoms with Gasteiger partial charge in [0.05, 0.1) is 19.4 Å². The molecule has 0 aliphatic rings. The van der Waals surface area contributed by atoms with Gasteiger partial charge in [-0.1, -0.05) is 12.1 Å². The van der Waals surface area contributed by atoms with E-state index in [-0.39, 0.29) is 25.4 Å². The predicted octanol–water partition coefficient (Wildman–Crippen LogP) is 5.33. The molecule has 0 spiro atoms. The predicted molar refractivity (Wildman–Crippen MR) is 124 cm³/mol. The highest BCUT2D eigenvalue weighted by Crippen LogP contribution is 2.24. The Morgan fingerprint density at radius 3 is 2.41 bits per heavy atom. The lowest BCUT2D eigenvalue weighted by Gasteiger charge is -2.24.